The maximum Gasteiger partial charge on any atom is 0.247 e. The lowest BCUT2D eigenvalue weighted by Gasteiger charge is -2.35. The highest BCUT2D eigenvalue weighted by atomic mass is 35.5. The number of halogens is 1. The number of primary amides is 1. The van der Waals surface area contributed by atoms with E-state index in [-0.39, 0.29) is 11.8 Å². The molecule has 0 saturated carbocycles. The second kappa shape index (κ2) is 6.03. The highest BCUT2D eigenvalue weighted by molar-refractivity contribution is 6.30. The fourth-order valence-electron chi connectivity index (χ4n) is 2.31. The van der Waals surface area contributed by atoms with Crippen LogP contribution in [0.15, 0.2) is 24.3 Å². The molecule has 0 aromatic heterocycles. The summed E-state index contributed by atoms with van der Waals surface area (Å²) in [6, 6.07) is 6.80. The molecule has 2 amide bonds. The fourth-order valence-corrected chi connectivity index (χ4v) is 2.50. The summed E-state index contributed by atoms with van der Waals surface area (Å²) in [6.45, 7) is 5.10. The van der Waals surface area contributed by atoms with Gasteiger partial charge in [-0.05, 0) is 43.6 Å². The van der Waals surface area contributed by atoms with Crippen molar-refractivity contribution in [2.75, 3.05) is 13.1 Å². The number of carbonyl (C=O) groups excluding carboxylic acids is 2. The van der Waals surface area contributed by atoms with E-state index in [2.05, 4.69) is 10.6 Å². The summed E-state index contributed by atoms with van der Waals surface area (Å²) in [5.74, 6) is -0.676. The third-order valence-corrected chi connectivity index (χ3v) is 4.44. The Hall–Kier alpha value is -1.59. The highest BCUT2D eigenvalue weighted by Crippen LogP contribution is 2.25. The molecular formula is C15H20ClN3O2. The quantitative estimate of drug-likeness (QED) is 0.759. The first-order valence-corrected chi connectivity index (χ1v) is 7.31. The molecule has 21 heavy (non-hydrogen) atoms. The summed E-state index contributed by atoms with van der Waals surface area (Å²) in [5, 5.41) is 6.41. The van der Waals surface area contributed by atoms with Crippen molar-refractivity contribution in [3.8, 4) is 0 Å². The smallest absolute Gasteiger partial charge is 0.247 e. The normalized spacial score (nSPS) is 19.2. The third-order valence-electron chi connectivity index (χ3n) is 4.20. The van der Waals surface area contributed by atoms with Gasteiger partial charge in [0.2, 0.25) is 11.8 Å². The number of rotatable bonds is 5. The number of amides is 2. The summed E-state index contributed by atoms with van der Waals surface area (Å²) < 4.78 is 0. The van der Waals surface area contributed by atoms with Crippen molar-refractivity contribution < 1.29 is 9.59 Å². The van der Waals surface area contributed by atoms with Crippen molar-refractivity contribution in [3.05, 3.63) is 34.9 Å². The minimum Gasteiger partial charge on any atom is -0.367 e. The molecule has 1 heterocycles. The predicted octanol–water partition coefficient (Wildman–Crippen LogP) is 1.01. The molecule has 6 heteroatoms. The van der Waals surface area contributed by atoms with Crippen molar-refractivity contribution in [2.45, 2.75) is 19.4 Å². The Balaban J connectivity index is 2.22. The Bertz CT molecular complexity index is 560. The molecule has 0 spiro atoms. The molecule has 1 aliphatic heterocycles. The van der Waals surface area contributed by atoms with Gasteiger partial charge in [0, 0.05) is 10.9 Å². The van der Waals surface area contributed by atoms with Gasteiger partial charge in [0.1, 0.15) is 5.54 Å². The van der Waals surface area contributed by atoms with Crippen molar-refractivity contribution >= 4 is 23.4 Å². The zero-order valence-electron chi connectivity index (χ0n) is 12.2. The summed E-state index contributed by atoms with van der Waals surface area (Å²) >= 11 is 5.96. The van der Waals surface area contributed by atoms with Crippen LogP contribution >= 0.6 is 11.6 Å². The van der Waals surface area contributed by atoms with Crippen LogP contribution in [-0.4, -0.2) is 24.9 Å². The van der Waals surface area contributed by atoms with Crippen LogP contribution in [0, 0.1) is 11.8 Å². The number of hydrogen-bond donors (Lipinski definition) is 3. The molecule has 2 atom stereocenters. The topological polar surface area (TPSA) is 84.2 Å². The first-order valence-electron chi connectivity index (χ1n) is 6.93. The van der Waals surface area contributed by atoms with Crippen LogP contribution in [0.4, 0.5) is 0 Å². The maximum absolute atomic E-state index is 12.4. The number of benzene rings is 1. The highest BCUT2D eigenvalue weighted by Gasteiger charge is 2.38. The van der Waals surface area contributed by atoms with Gasteiger partial charge in [-0.1, -0.05) is 30.7 Å². The van der Waals surface area contributed by atoms with Crippen molar-refractivity contribution in [1.82, 2.24) is 10.6 Å². The van der Waals surface area contributed by atoms with E-state index in [4.69, 9.17) is 17.3 Å². The van der Waals surface area contributed by atoms with E-state index < -0.39 is 11.4 Å². The summed E-state index contributed by atoms with van der Waals surface area (Å²) in [4.78, 5) is 24.3. The third kappa shape index (κ3) is 3.19. The van der Waals surface area contributed by atoms with Crippen molar-refractivity contribution in [2.24, 2.45) is 17.6 Å². The number of hydrogen-bond acceptors (Lipinski definition) is 3. The lowest BCUT2D eigenvalue weighted by molar-refractivity contribution is -0.134. The molecular weight excluding hydrogens is 290 g/mol. The second-order valence-electron chi connectivity index (χ2n) is 5.70. The molecule has 1 aliphatic rings. The van der Waals surface area contributed by atoms with Gasteiger partial charge in [0.15, 0.2) is 0 Å². The van der Waals surface area contributed by atoms with Crippen LogP contribution in [0.25, 0.3) is 0 Å². The Morgan fingerprint density at radius 1 is 1.48 bits per heavy atom. The summed E-state index contributed by atoms with van der Waals surface area (Å²) in [7, 11) is 0. The lowest BCUT2D eigenvalue weighted by Crippen LogP contribution is -2.57. The molecule has 0 aliphatic carbocycles. The summed E-state index contributed by atoms with van der Waals surface area (Å²) in [5.41, 5.74) is 4.82. The number of nitrogens with one attached hydrogen (secondary N) is 2. The molecule has 1 saturated heterocycles. The maximum atomic E-state index is 12.4. The first kappa shape index (κ1) is 15.8. The first-order chi connectivity index (χ1) is 9.84. The van der Waals surface area contributed by atoms with Crippen LogP contribution in [0.2, 0.25) is 5.02 Å². The molecule has 2 unspecified atom stereocenters. The average molecular weight is 310 g/mol. The van der Waals surface area contributed by atoms with Gasteiger partial charge in [0.25, 0.3) is 0 Å². The molecule has 4 N–H and O–H groups in total. The van der Waals surface area contributed by atoms with Gasteiger partial charge in [-0.3, -0.25) is 9.59 Å². The van der Waals surface area contributed by atoms with E-state index in [1.165, 1.54) is 0 Å². The van der Waals surface area contributed by atoms with Crippen LogP contribution in [0.1, 0.15) is 19.4 Å². The fraction of sp³-hybridized carbons (Fsp3) is 0.467. The second-order valence-corrected chi connectivity index (χ2v) is 6.13. The van der Waals surface area contributed by atoms with Gasteiger partial charge in [-0.25, -0.2) is 0 Å². The molecule has 1 fully saturated rings. The molecule has 5 nitrogen and oxygen atoms in total. The van der Waals surface area contributed by atoms with Gasteiger partial charge in [-0.15, -0.1) is 0 Å². The lowest BCUT2D eigenvalue weighted by atomic mass is 9.85. The monoisotopic (exact) mass is 309 g/mol. The number of nitrogens with two attached hydrogens (primary N) is 1. The van der Waals surface area contributed by atoms with Crippen molar-refractivity contribution in [3.63, 3.8) is 0 Å². The van der Waals surface area contributed by atoms with Gasteiger partial charge < -0.3 is 16.4 Å². The van der Waals surface area contributed by atoms with E-state index in [1.54, 1.807) is 31.2 Å². The Morgan fingerprint density at radius 2 is 2.14 bits per heavy atom. The minimum absolute atomic E-state index is 0.177. The Kier molecular flexibility index (Phi) is 4.54. The van der Waals surface area contributed by atoms with E-state index in [0.717, 1.165) is 13.1 Å². The van der Waals surface area contributed by atoms with Gasteiger partial charge in [0.05, 0.1) is 0 Å². The Labute approximate surface area is 129 Å². The zero-order valence-corrected chi connectivity index (χ0v) is 12.9. The van der Waals surface area contributed by atoms with Crippen LogP contribution in [0.5, 0.6) is 0 Å². The average Bonchev–Trinajstić information content (AvgIpc) is 2.36. The molecule has 1 aromatic carbocycles. The van der Waals surface area contributed by atoms with E-state index in [1.807, 2.05) is 6.92 Å². The minimum atomic E-state index is -1.27. The molecule has 0 bridgehead atoms. The largest absolute Gasteiger partial charge is 0.367 e. The van der Waals surface area contributed by atoms with Crippen molar-refractivity contribution in [1.29, 1.82) is 0 Å². The van der Waals surface area contributed by atoms with Crippen LogP contribution in [0.3, 0.4) is 0 Å². The molecule has 2 rings (SSSR count). The van der Waals surface area contributed by atoms with Gasteiger partial charge >= 0.3 is 0 Å². The Morgan fingerprint density at radius 3 is 2.62 bits per heavy atom. The SMILES string of the molecule is CC(C(=O)NC(C)(C(N)=O)c1cccc(Cl)c1)C1CNC1. The van der Waals surface area contributed by atoms with Gasteiger partial charge in [-0.2, -0.15) is 0 Å². The van der Waals surface area contributed by atoms with E-state index >= 15 is 0 Å². The molecule has 114 valence electrons. The molecule has 0 radical (unpaired) electrons. The standard InChI is InChI=1S/C15H20ClN3O2/c1-9(10-7-18-8-10)13(20)19-15(2,14(17)21)11-4-3-5-12(16)6-11/h3-6,9-10,18H,7-8H2,1-2H3,(H2,17,21)(H,19,20). The van der Waals surface area contributed by atoms with Crippen LogP contribution < -0.4 is 16.4 Å². The van der Waals surface area contributed by atoms with E-state index in [0.29, 0.717) is 16.5 Å². The van der Waals surface area contributed by atoms with E-state index in [9.17, 15) is 9.59 Å². The van der Waals surface area contributed by atoms with Crippen LogP contribution in [-0.2, 0) is 15.1 Å². The predicted molar refractivity (Wildman–Crippen MR) is 81.7 cm³/mol. The molecule has 1 aromatic rings. The zero-order chi connectivity index (χ0) is 15.6. The summed E-state index contributed by atoms with van der Waals surface area (Å²) in [6.07, 6.45) is 0. The number of carbonyl (C=O) groups is 2.